The maximum absolute atomic E-state index is 8.61. The third-order valence-corrected chi connectivity index (χ3v) is 4.52. The summed E-state index contributed by atoms with van der Waals surface area (Å²) in [6, 6.07) is 0. The molecule has 4 atom stereocenters. The van der Waals surface area contributed by atoms with Crippen LogP contribution in [-0.2, 0) is 0 Å². The Morgan fingerprint density at radius 1 is 0.410 bits per heavy atom. The van der Waals surface area contributed by atoms with E-state index in [0.29, 0.717) is 26.1 Å². The molecule has 0 saturated heterocycles. The molecule has 246 valence electrons. The predicted molar refractivity (Wildman–Crippen MR) is 157 cm³/mol. The van der Waals surface area contributed by atoms with Crippen LogP contribution < -0.4 is 0 Å². The van der Waals surface area contributed by atoms with Gasteiger partial charge in [-0.2, -0.15) is 0 Å². The van der Waals surface area contributed by atoms with Gasteiger partial charge in [-0.3, -0.25) is 0 Å². The van der Waals surface area contributed by atoms with Crippen LogP contribution in [0.3, 0.4) is 0 Å². The van der Waals surface area contributed by atoms with E-state index in [4.69, 9.17) is 56.2 Å². The summed E-state index contributed by atoms with van der Waals surface area (Å²) in [6.07, 6.45) is 8.54. The molecule has 0 spiro atoms. The fourth-order valence-corrected chi connectivity index (χ4v) is 1.75. The number of unbranched alkanes of at least 4 members (excludes halogenated alkanes) is 6. The van der Waals surface area contributed by atoms with Crippen LogP contribution in [-0.4, -0.2) is 126 Å². The van der Waals surface area contributed by atoms with Gasteiger partial charge in [0.25, 0.3) is 0 Å². The van der Waals surface area contributed by atoms with Gasteiger partial charge >= 0.3 is 0 Å². The lowest BCUT2D eigenvalue weighted by Crippen LogP contribution is -2.17. The minimum atomic E-state index is -0.954. The van der Waals surface area contributed by atoms with Gasteiger partial charge in [-0.05, 0) is 46.5 Å². The van der Waals surface area contributed by atoms with Crippen LogP contribution in [0.25, 0.3) is 0 Å². The minimum absolute atomic E-state index is 0.0810. The third-order valence-electron chi connectivity index (χ3n) is 4.52. The van der Waals surface area contributed by atoms with Crippen LogP contribution in [0.1, 0.15) is 112 Å². The highest BCUT2D eigenvalue weighted by Crippen LogP contribution is 2.00. The van der Waals surface area contributed by atoms with Gasteiger partial charge in [-0.1, -0.05) is 65.7 Å². The molecule has 0 heterocycles. The zero-order valence-corrected chi connectivity index (χ0v) is 25.8. The molecule has 0 aliphatic rings. The van der Waals surface area contributed by atoms with E-state index < -0.39 is 24.4 Å². The Labute approximate surface area is 238 Å². The molecule has 0 aliphatic carbocycles. The largest absolute Gasteiger partial charge is 0.396 e. The van der Waals surface area contributed by atoms with Crippen LogP contribution in [0.2, 0.25) is 0 Å². The smallest absolute Gasteiger partial charge is 0.100 e. The first-order valence-corrected chi connectivity index (χ1v) is 14.4. The second-order valence-electron chi connectivity index (χ2n) is 9.06. The summed E-state index contributed by atoms with van der Waals surface area (Å²) in [4.78, 5) is 0. The molecule has 0 aliphatic heterocycles. The van der Waals surface area contributed by atoms with Crippen LogP contribution in [0.4, 0.5) is 0 Å². The Bertz CT molecular complexity index is 327. The molecular formula is C28H68O11. The highest BCUT2D eigenvalue weighted by Gasteiger charge is 1.99. The second-order valence-corrected chi connectivity index (χ2v) is 9.06. The van der Waals surface area contributed by atoms with Crippen molar-refractivity contribution < 1.29 is 56.2 Å². The summed E-state index contributed by atoms with van der Waals surface area (Å²) in [5, 5.41) is 90.6. The van der Waals surface area contributed by atoms with E-state index >= 15 is 0 Å². The summed E-state index contributed by atoms with van der Waals surface area (Å²) in [5.74, 6) is 0. The number of aliphatic hydroxyl groups is 11. The van der Waals surface area contributed by atoms with Crippen molar-refractivity contribution in [1.82, 2.24) is 0 Å². The maximum atomic E-state index is 8.61. The lowest BCUT2D eigenvalue weighted by atomic mass is 10.2. The number of hydrogen-bond acceptors (Lipinski definition) is 11. The monoisotopic (exact) mass is 580 g/mol. The molecule has 11 nitrogen and oxygen atoms in total. The number of aliphatic hydroxyl groups excluding tert-OH is 11. The zero-order chi connectivity index (χ0) is 31.9. The van der Waals surface area contributed by atoms with Crippen molar-refractivity contribution in [2.75, 3.05) is 39.6 Å². The van der Waals surface area contributed by atoms with Crippen LogP contribution in [0.5, 0.6) is 0 Å². The Hall–Kier alpha value is -0.440. The van der Waals surface area contributed by atoms with Crippen molar-refractivity contribution in [2.45, 2.75) is 143 Å². The topological polar surface area (TPSA) is 223 Å². The summed E-state index contributed by atoms with van der Waals surface area (Å²) in [7, 11) is 0. The van der Waals surface area contributed by atoms with E-state index in [2.05, 4.69) is 13.8 Å². The van der Waals surface area contributed by atoms with E-state index in [1.54, 1.807) is 20.8 Å². The molecule has 0 rings (SSSR count). The summed E-state index contributed by atoms with van der Waals surface area (Å²) in [6.45, 7) is 11.0. The fraction of sp³-hybridized carbons (Fsp3) is 1.00. The van der Waals surface area contributed by atoms with Crippen molar-refractivity contribution in [3.63, 3.8) is 0 Å². The Morgan fingerprint density at radius 3 is 0.923 bits per heavy atom. The SMILES string of the molecule is CC(O)C(C)O.CC(O)CCO.CCCC(O)CO.CCCCCCCO.CCCCCO.OCC(O)CO. The first-order chi connectivity index (χ1) is 18.4. The average molecular weight is 581 g/mol. The molecule has 0 aromatic rings. The summed E-state index contributed by atoms with van der Waals surface area (Å²) in [5.41, 5.74) is 0. The van der Waals surface area contributed by atoms with E-state index in [1.165, 1.54) is 32.1 Å². The Balaban J connectivity index is -0.0000000841. The second kappa shape index (κ2) is 50.4. The fourth-order valence-electron chi connectivity index (χ4n) is 1.75. The first-order valence-electron chi connectivity index (χ1n) is 14.4. The average Bonchev–Trinajstić information content (AvgIpc) is 2.91. The van der Waals surface area contributed by atoms with Gasteiger partial charge in [0.1, 0.15) is 6.10 Å². The molecule has 39 heavy (non-hydrogen) atoms. The highest BCUT2D eigenvalue weighted by atomic mass is 16.3. The lowest BCUT2D eigenvalue weighted by molar-refractivity contribution is 0.0438. The van der Waals surface area contributed by atoms with Crippen molar-refractivity contribution in [3.8, 4) is 0 Å². The van der Waals surface area contributed by atoms with Gasteiger partial charge in [-0.15, -0.1) is 0 Å². The molecule has 0 radical (unpaired) electrons. The molecule has 0 aromatic heterocycles. The van der Waals surface area contributed by atoms with Crippen molar-refractivity contribution in [3.05, 3.63) is 0 Å². The van der Waals surface area contributed by atoms with Gasteiger partial charge < -0.3 is 56.2 Å². The van der Waals surface area contributed by atoms with Gasteiger partial charge in [-0.25, -0.2) is 0 Å². The van der Waals surface area contributed by atoms with E-state index in [-0.39, 0.29) is 32.5 Å². The van der Waals surface area contributed by atoms with Crippen molar-refractivity contribution >= 4 is 0 Å². The van der Waals surface area contributed by atoms with E-state index in [1.807, 2.05) is 6.92 Å². The van der Waals surface area contributed by atoms with Crippen LogP contribution in [0, 0.1) is 0 Å². The Kier molecular flexibility index (Phi) is 66.3. The number of rotatable bonds is 16. The van der Waals surface area contributed by atoms with E-state index in [9.17, 15) is 0 Å². The van der Waals surface area contributed by atoms with Crippen molar-refractivity contribution in [2.24, 2.45) is 0 Å². The molecule has 0 aromatic carbocycles. The van der Waals surface area contributed by atoms with Gasteiger partial charge in [0.2, 0.25) is 0 Å². The maximum Gasteiger partial charge on any atom is 0.100 e. The molecule has 0 amide bonds. The molecule has 0 saturated carbocycles. The predicted octanol–water partition coefficient (Wildman–Crippen LogP) is 1.09. The third kappa shape index (κ3) is 85.6. The first kappa shape index (κ1) is 51.3. The minimum Gasteiger partial charge on any atom is -0.396 e. The Morgan fingerprint density at radius 2 is 0.769 bits per heavy atom. The number of hydrogen-bond donors (Lipinski definition) is 11. The molecule has 0 fully saturated rings. The molecule has 11 N–H and O–H groups in total. The highest BCUT2D eigenvalue weighted by molar-refractivity contribution is 4.51. The molecular weight excluding hydrogens is 512 g/mol. The normalized spacial score (nSPS) is 12.8. The van der Waals surface area contributed by atoms with Gasteiger partial charge in [0.15, 0.2) is 0 Å². The summed E-state index contributed by atoms with van der Waals surface area (Å²) < 4.78 is 0. The van der Waals surface area contributed by atoms with E-state index in [0.717, 1.165) is 25.7 Å². The van der Waals surface area contributed by atoms with Gasteiger partial charge in [0, 0.05) is 19.8 Å². The molecule has 0 bridgehead atoms. The quantitative estimate of drug-likeness (QED) is 0.116. The molecule has 11 heteroatoms. The molecule has 4 unspecified atom stereocenters. The van der Waals surface area contributed by atoms with Gasteiger partial charge in [0.05, 0.1) is 44.2 Å². The standard InChI is InChI=1S/C7H16O.C5H12O2.C5H12O.2C4H10O2.C3H8O3/c1-2-3-4-5-6-7-8;1-2-3-5(7)4-6;1-2-3-4-5-6;1-4(6)2-3-5;1-3(5)4(2)6;4-1-3(6)2-5/h8H,2-7H2,1H3;5-7H,2-4H2,1H3;6H,2-5H2,1H3;4-6H,2-3H2,1H3;3-6H,1-2H3;3-6H,1-2H2. The zero-order valence-electron chi connectivity index (χ0n) is 25.8. The summed E-state index contributed by atoms with van der Waals surface area (Å²) >= 11 is 0. The van der Waals surface area contributed by atoms with Crippen molar-refractivity contribution in [1.29, 1.82) is 0 Å². The van der Waals surface area contributed by atoms with Crippen LogP contribution in [0.15, 0.2) is 0 Å². The van der Waals surface area contributed by atoms with Crippen LogP contribution >= 0.6 is 0 Å². The lowest BCUT2D eigenvalue weighted by Gasteiger charge is -2.03.